The number of nitrogens with zero attached hydrogens (tertiary/aromatic N) is 1. The first kappa shape index (κ1) is 21.8. The van der Waals surface area contributed by atoms with Gasteiger partial charge in [0.2, 0.25) is 5.91 Å². The second kappa shape index (κ2) is 8.70. The Morgan fingerprint density at radius 3 is 2.18 bits per heavy atom. The predicted molar refractivity (Wildman–Crippen MR) is 98.0 cm³/mol. The Hall–Kier alpha value is -2.46. The molecule has 0 saturated heterocycles. The van der Waals surface area contributed by atoms with Crippen molar-refractivity contribution in [3.8, 4) is 5.75 Å². The number of sulfonamides is 1. The van der Waals surface area contributed by atoms with Crippen LogP contribution in [0.15, 0.2) is 53.4 Å². The van der Waals surface area contributed by atoms with Crippen LogP contribution in [-0.4, -0.2) is 40.7 Å². The number of methoxy groups -OCH3 is 1. The molecule has 0 saturated carbocycles. The minimum atomic E-state index is -4.62. The lowest BCUT2D eigenvalue weighted by Gasteiger charge is -2.24. The topological polar surface area (TPSA) is 75.7 Å². The second-order valence-corrected chi connectivity index (χ2v) is 7.85. The van der Waals surface area contributed by atoms with Crippen molar-refractivity contribution >= 4 is 33.2 Å². The molecular weight excluding hydrogens is 421 g/mol. The van der Waals surface area contributed by atoms with E-state index in [1.807, 2.05) is 0 Å². The highest BCUT2D eigenvalue weighted by Gasteiger charge is 2.30. The molecule has 2 aromatic carbocycles. The van der Waals surface area contributed by atoms with E-state index < -0.39 is 35.2 Å². The molecule has 0 aromatic heterocycles. The Kier molecular flexibility index (Phi) is 6.78. The van der Waals surface area contributed by atoms with Crippen LogP contribution < -0.4 is 14.4 Å². The third-order valence-corrected chi connectivity index (χ3v) is 5.58. The summed E-state index contributed by atoms with van der Waals surface area (Å²) < 4.78 is 68.7. The van der Waals surface area contributed by atoms with Crippen LogP contribution in [0, 0.1) is 0 Å². The Morgan fingerprint density at radius 1 is 1.11 bits per heavy atom. The van der Waals surface area contributed by atoms with Gasteiger partial charge in [-0.3, -0.25) is 9.10 Å². The first-order valence-electron chi connectivity index (χ1n) is 7.79. The minimum Gasteiger partial charge on any atom is -0.497 e. The number of alkyl halides is 3. The lowest BCUT2D eigenvalue weighted by molar-refractivity contribution is -0.137. The van der Waals surface area contributed by atoms with Crippen molar-refractivity contribution in [1.82, 2.24) is 5.32 Å². The fourth-order valence-corrected chi connectivity index (χ4v) is 3.73. The van der Waals surface area contributed by atoms with E-state index in [0.717, 1.165) is 0 Å². The molecule has 0 atom stereocenters. The van der Waals surface area contributed by atoms with Crippen molar-refractivity contribution in [3.05, 3.63) is 53.6 Å². The van der Waals surface area contributed by atoms with Gasteiger partial charge in [0, 0.05) is 5.02 Å². The summed E-state index contributed by atoms with van der Waals surface area (Å²) in [5, 5.41) is 1.97. The number of ether oxygens (including phenoxy) is 1. The smallest absolute Gasteiger partial charge is 0.405 e. The van der Waals surface area contributed by atoms with Gasteiger partial charge >= 0.3 is 6.18 Å². The van der Waals surface area contributed by atoms with E-state index in [4.69, 9.17) is 16.3 Å². The Balaban J connectivity index is 2.37. The van der Waals surface area contributed by atoms with Gasteiger partial charge in [0.25, 0.3) is 10.0 Å². The molecule has 0 spiro atoms. The number of carbonyl (C=O) groups excluding carboxylic acids is 1. The van der Waals surface area contributed by atoms with Gasteiger partial charge in [-0.15, -0.1) is 0 Å². The summed E-state index contributed by atoms with van der Waals surface area (Å²) in [6, 6.07) is 10.9. The fraction of sp³-hybridized carbons (Fsp3) is 0.235. The molecule has 28 heavy (non-hydrogen) atoms. The Morgan fingerprint density at radius 2 is 1.68 bits per heavy atom. The maximum atomic E-state index is 13.0. The van der Waals surface area contributed by atoms with Gasteiger partial charge in [0.05, 0.1) is 17.7 Å². The van der Waals surface area contributed by atoms with Crippen molar-refractivity contribution < 1.29 is 31.1 Å². The van der Waals surface area contributed by atoms with Crippen molar-refractivity contribution in [2.75, 3.05) is 24.5 Å². The van der Waals surface area contributed by atoms with Crippen LogP contribution in [0.2, 0.25) is 5.02 Å². The van der Waals surface area contributed by atoms with E-state index in [0.29, 0.717) is 15.1 Å². The Bertz CT molecular complexity index is 917. The van der Waals surface area contributed by atoms with Crippen LogP contribution in [-0.2, 0) is 14.8 Å². The molecule has 0 aliphatic carbocycles. The predicted octanol–water partition coefficient (Wildman–Crippen LogP) is 3.22. The molecule has 0 aliphatic heterocycles. The zero-order valence-electron chi connectivity index (χ0n) is 14.5. The molecule has 1 N–H and O–H groups in total. The van der Waals surface area contributed by atoms with Crippen LogP contribution in [0.3, 0.4) is 0 Å². The Labute approximate surface area is 164 Å². The van der Waals surface area contributed by atoms with Crippen molar-refractivity contribution in [2.45, 2.75) is 11.1 Å². The summed E-state index contributed by atoms with van der Waals surface area (Å²) in [5.74, 6) is -0.667. The number of nitrogens with one attached hydrogen (secondary N) is 1. The number of benzene rings is 2. The van der Waals surface area contributed by atoms with Crippen LogP contribution in [0.25, 0.3) is 0 Å². The van der Waals surface area contributed by atoms with E-state index in [-0.39, 0.29) is 10.6 Å². The highest BCUT2D eigenvalue weighted by atomic mass is 35.5. The number of rotatable bonds is 7. The first-order chi connectivity index (χ1) is 13.0. The molecule has 6 nitrogen and oxygen atoms in total. The molecule has 0 bridgehead atoms. The summed E-state index contributed by atoms with van der Waals surface area (Å²) in [6.07, 6.45) is -4.62. The fourth-order valence-electron chi connectivity index (χ4n) is 2.18. The largest absolute Gasteiger partial charge is 0.497 e. The van der Waals surface area contributed by atoms with E-state index in [1.54, 1.807) is 5.32 Å². The molecule has 0 fully saturated rings. The quantitative estimate of drug-likeness (QED) is 0.723. The number of amides is 1. The molecule has 2 aromatic rings. The van der Waals surface area contributed by atoms with Gasteiger partial charge in [0.15, 0.2) is 0 Å². The van der Waals surface area contributed by atoms with Crippen LogP contribution in [0.4, 0.5) is 18.9 Å². The summed E-state index contributed by atoms with van der Waals surface area (Å²) >= 11 is 5.77. The van der Waals surface area contributed by atoms with E-state index in [2.05, 4.69) is 0 Å². The van der Waals surface area contributed by atoms with E-state index >= 15 is 0 Å². The summed E-state index contributed by atoms with van der Waals surface area (Å²) in [7, 11) is -2.83. The molecule has 0 aliphatic rings. The summed E-state index contributed by atoms with van der Waals surface area (Å²) in [5.41, 5.74) is 0.0814. The van der Waals surface area contributed by atoms with Gasteiger partial charge in [-0.1, -0.05) is 11.6 Å². The summed E-state index contributed by atoms with van der Waals surface area (Å²) in [6.45, 7) is -2.41. The molecule has 11 heteroatoms. The second-order valence-electron chi connectivity index (χ2n) is 5.56. The standard InChI is InChI=1S/C17H16ClF3N2O4S/c1-27-14-6-4-13(5-7-14)23(10-16(24)22-11-17(19,20)21)28(25,26)15-8-2-12(18)3-9-15/h2-9H,10-11H2,1H3,(H,22,24). The number of carbonyl (C=O) groups is 1. The third-order valence-electron chi connectivity index (χ3n) is 3.54. The molecule has 0 unspecified atom stereocenters. The van der Waals surface area contributed by atoms with Crippen molar-refractivity contribution in [3.63, 3.8) is 0 Å². The molecule has 1 amide bonds. The van der Waals surface area contributed by atoms with Gasteiger partial charge < -0.3 is 10.1 Å². The van der Waals surface area contributed by atoms with Crippen LogP contribution in [0.5, 0.6) is 5.75 Å². The number of anilines is 1. The van der Waals surface area contributed by atoms with Crippen LogP contribution in [0.1, 0.15) is 0 Å². The van der Waals surface area contributed by atoms with Gasteiger partial charge in [-0.2, -0.15) is 13.2 Å². The highest BCUT2D eigenvalue weighted by molar-refractivity contribution is 7.92. The highest BCUT2D eigenvalue weighted by Crippen LogP contribution is 2.26. The van der Waals surface area contributed by atoms with Gasteiger partial charge in [-0.05, 0) is 48.5 Å². The number of hydrogen-bond acceptors (Lipinski definition) is 4. The van der Waals surface area contributed by atoms with Gasteiger partial charge in [0.1, 0.15) is 18.8 Å². The van der Waals surface area contributed by atoms with Crippen LogP contribution >= 0.6 is 11.6 Å². The average Bonchev–Trinajstić information content (AvgIpc) is 2.64. The number of halogens is 4. The number of hydrogen-bond donors (Lipinski definition) is 1. The zero-order valence-corrected chi connectivity index (χ0v) is 16.1. The molecule has 152 valence electrons. The molecule has 0 radical (unpaired) electrons. The third kappa shape index (κ3) is 5.77. The lowest BCUT2D eigenvalue weighted by Crippen LogP contribution is -2.43. The maximum Gasteiger partial charge on any atom is 0.405 e. The normalized spacial score (nSPS) is 11.8. The maximum absolute atomic E-state index is 13.0. The van der Waals surface area contributed by atoms with Crippen molar-refractivity contribution in [2.24, 2.45) is 0 Å². The van der Waals surface area contributed by atoms with Crippen molar-refractivity contribution in [1.29, 1.82) is 0 Å². The summed E-state index contributed by atoms with van der Waals surface area (Å²) in [4.78, 5) is 11.8. The zero-order chi connectivity index (χ0) is 20.9. The molecular formula is C17H16ClF3N2O4S. The lowest BCUT2D eigenvalue weighted by atomic mass is 10.3. The molecule has 2 rings (SSSR count). The SMILES string of the molecule is COc1ccc(N(CC(=O)NCC(F)(F)F)S(=O)(=O)c2ccc(Cl)cc2)cc1. The monoisotopic (exact) mass is 436 g/mol. The minimum absolute atomic E-state index is 0.0814. The first-order valence-corrected chi connectivity index (χ1v) is 9.60. The molecule has 0 heterocycles. The van der Waals surface area contributed by atoms with Gasteiger partial charge in [-0.25, -0.2) is 8.42 Å². The van der Waals surface area contributed by atoms with E-state index in [1.165, 1.54) is 55.6 Å². The van der Waals surface area contributed by atoms with E-state index in [9.17, 15) is 26.4 Å². The average molecular weight is 437 g/mol.